The molecule has 0 bridgehead atoms. The molecular weight excluding hydrogens is 466 g/mol. The van der Waals surface area contributed by atoms with Gasteiger partial charge in [-0.25, -0.2) is 4.98 Å². The maximum atomic E-state index is 13.9. The quantitative estimate of drug-likeness (QED) is 0.252. The Kier molecular flexibility index (Phi) is 8.27. The van der Waals surface area contributed by atoms with Gasteiger partial charge in [-0.15, -0.1) is 0 Å². The molecule has 0 amide bonds. The van der Waals surface area contributed by atoms with E-state index in [1.54, 1.807) is 4.57 Å². The highest BCUT2D eigenvalue weighted by atomic mass is 16.1. The fraction of sp³-hybridized carbons (Fsp3) is 0.324. The Labute approximate surface area is 226 Å². The van der Waals surface area contributed by atoms with E-state index >= 15 is 0 Å². The van der Waals surface area contributed by atoms with Crippen molar-refractivity contribution in [3.05, 3.63) is 122 Å². The lowest BCUT2D eigenvalue weighted by molar-refractivity contribution is 0.589. The summed E-state index contributed by atoms with van der Waals surface area (Å²) in [5.41, 5.74) is 7.52. The third-order valence-corrected chi connectivity index (χ3v) is 7.14. The first-order valence-electron chi connectivity index (χ1n) is 13.5. The smallest absolute Gasteiger partial charge is 0.257 e. The Balaban J connectivity index is 1.71. The van der Waals surface area contributed by atoms with E-state index in [0.29, 0.717) is 18.5 Å². The Hall–Kier alpha value is -3.97. The number of rotatable bonds is 8. The second-order valence-corrected chi connectivity index (χ2v) is 11.1. The molecule has 4 nitrogen and oxygen atoms in total. The van der Waals surface area contributed by atoms with E-state index in [0.717, 1.165) is 58.6 Å². The molecule has 0 unspecified atom stereocenters. The molecule has 0 spiro atoms. The predicted octanol–water partition coefficient (Wildman–Crippen LogP) is 7.37. The molecule has 0 fully saturated rings. The highest BCUT2D eigenvalue weighted by molar-refractivity contribution is 5.71. The van der Waals surface area contributed by atoms with E-state index in [2.05, 4.69) is 58.0 Å². The summed E-state index contributed by atoms with van der Waals surface area (Å²) < 4.78 is 1.79. The summed E-state index contributed by atoms with van der Waals surface area (Å²) in [5, 5.41) is 9.88. The summed E-state index contributed by atoms with van der Waals surface area (Å²) in [6, 6.07) is 26.7. The van der Waals surface area contributed by atoms with Crippen LogP contribution in [0, 0.1) is 18.3 Å². The molecule has 1 aromatic heterocycles. The topological polar surface area (TPSA) is 58.7 Å². The molecule has 194 valence electrons. The van der Waals surface area contributed by atoms with Crippen molar-refractivity contribution >= 4 is 0 Å². The van der Waals surface area contributed by atoms with Gasteiger partial charge < -0.3 is 0 Å². The van der Waals surface area contributed by atoms with Crippen LogP contribution in [0.1, 0.15) is 79.9 Å². The first-order chi connectivity index (χ1) is 18.2. The van der Waals surface area contributed by atoms with Crippen LogP contribution in [0.3, 0.4) is 0 Å². The lowest BCUT2D eigenvalue weighted by Crippen LogP contribution is -2.30. The number of benzene rings is 3. The summed E-state index contributed by atoms with van der Waals surface area (Å²) in [6.45, 7) is 11.2. The van der Waals surface area contributed by atoms with Gasteiger partial charge in [0.1, 0.15) is 5.82 Å². The van der Waals surface area contributed by atoms with Crippen LogP contribution in [0.4, 0.5) is 0 Å². The number of aryl methyl sites for hydroxylation is 2. The fourth-order valence-corrected chi connectivity index (χ4v) is 4.83. The molecule has 4 aromatic rings. The Bertz CT molecular complexity index is 1500. The normalized spacial score (nSPS) is 11.4. The maximum Gasteiger partial charge on any atom is 0.257 e. The van der Waals surface area contributed by atoms with Gasteiger partial charge in [0, 0.05) is 12.0 Å². The van der Waals surface area contributed by atoms with Gasteiger partial charge in [-0.3, -0.25) is 9.36 Å². The predicted molar refractivity (Wildman–Crippen MR) is 155 cm³/mol. The van der Waals surface area contributed by atoms with Gasteiger partial charge in [-0.2, -0.15) is 5.26 Å². The molecule has 0 N–H and O–H groups in total. The summed E-state index contributed by atoms with van der Waals surface area (Å²) in [7, 11) is 0. The van der Waals surface area contributed by atoms with Crippen LogP contribution in [0.25, 0.3) is 11.1 Å². The second kappa shape index (κ2) is 11.6. The number of nitriles is 1. The molecule has 0 aliphatic heterocycles. The zero-order valence-corrected chi connectivity index (χ0v) is 23.2. The van der Waals surface area contributed by atoms with Crippen molar-refractivity contribution in [2.45, 2.75) is 72.3 Å². The van der Waals surface area contributed by atoms with Crippen LogP contribution < -0.4 is 5.56 Å². The van der Waals surface area contributed by atoms with Gasteiger partial charge in [0.2, 0.25) is 0 Å². The van der Waals surface area contributed by atoms with Crippen molar-refractivity contribution in [2.75, 3.05) is 0 Å². The summed E-state index contributed by atoms with van der Waals surface area (Å²) in [4.78, 5) is 18.8. The lowest BCUT2D eigenvalue weighted by atomic mass is 9.87. The van der Waals surface area contributed by atoms with Crippen molar-refractivity contribution < 1.29 is 0 Å². The SMILES string of the molecule is CCCCc1nc(C)n(Cc2ccc(C(C)(C)C)cc2)c(=O)c1Cc1ccc(-c2ccccc2)c(C#N)c1. The highest BCUT2D eigenvalue weighted by Gasteiger charge is 2.17. The van der Waals surface area contributed by atoms with Crippen LogP contribution >= 0.6 is 0 Å². The molecule has 38 heavy (non-hydrogen) atoms. The molecule has 0 saturated heterocycles. The minimum absolute atomic E-state index is 0.00847. The van der Waals surface area contributed by atoms with E-state index in [1.807, 2.05) is 55.5 Å². The molecule has 0 saturated carbocycles. The van der Waals surface area contributed by atoms with Gasteiger partial charge in [0.05, 0.1) is 23.9 Å². The fourth-order valence-electron chi connectivity index (χ4n) is 4.83. The van der Waals surface area contributed by atoms with E-state index in [-0.39, 0.29) is 11.0 Å². The molecule has 0 radical (unpaired) electrons. The first kappa shape index (κ1) is 27.1. The van der Waals surface area contributed by atoms with E-state index < -0.39 is 0 Å². The number of nitrogens with zero attached hydrogens (tertiary/aromatic N) is 3. The van der Waals surface area contributed by atoms with Crippen molar-refractivity contribution in [1.82, 2.24) is 9.55 Å². The molecule has 0 atom stereocenters. The Morgan fingerprint density at radius 1 is 0.947 bits per heavy atom. The lowest BCUT2D eigenvalue weighted by Gasteiger charge is -2.20. The standard InChI is InChI=1S/C34H37N3O/c1-6-7-13-32-31(21-26-16-19-30(28(20-26)22-35)27-11-9-8-10-12-27)33(38)37(24(2)36-32)23-25-14-17-29(18-15-25)34(3,4)5/h8-12,14-20H,6-7,13,21,23H2,1-5H3. The third-order valence-electron chi connectivity index (χ3n) is 7.14. The van der Waals surface area contributed by atoms with Crippen LogP contribution in [0.15, 0.2) is 77.6 Å². The second-order valence-electron chi connectivity index (χ2n) is 11.1. The minimum atomic E-state index is 0.00847. The largest absolute Gasteiger partial charge is 0.292 e. The molecule has 0 aliphatic carbocycles. The van der Waals surface area contributed by atoms with Gasteiger partial charge in [0.15, 0.2) is 0 Å². The highest BCUT2D eigenvalue weighted by Crippen LogP contribution is 2.26. The molecule has 1 heterocycles. The number of hydrogen-bond donors (Lipinski definition) is 0. The van der Waals surface area contributed by atoms with Crippen molar-refractivity contribution in [3.8, 4) is 17.2 Å². The van der Waals surface area contributed by atoms with Gasteiger partial charge in [-0.1, -0.05) is 101 Å². The summed E-state index contributed by atoms with van der Waals surface area (Å²) in [6.07, 6.45) is 3.25. The van der Waals surface area contributed by atoms with Crippen molar-refractivity contribution in [2.24, 2.45) is 0 Å². The first-order valence-corrected chi connectivity index (χ1v) is 13.5. The average molecular weight is 504 g/mol. The zero-order chi connectivity index (χ0) is 27.3. The third kappa shape index (κ3) is 6.11. The monoisotopic (exact) mass is 503 g/mol. The number of aromatic nitrogens is 2. The van der Waals surface area contributed by atoms with Gasteiger partial charge >= 0.3 is 0 Å². The maximum absolute atomic E-state index is 13.9. The van der Waals surface area contributed by atoms with Crippen LogP contribution in [-0.2, 0) is 24.8 Å². The average Bonchev–Trinajstić information content (AvgIpc) is 2.91. The molecule has 4 rings (SSSR count). The Morgan fingerprint density at radius 3 is 2.26 bits per heavy atom. The van der Waals surface area contributed by atoms with Crippen LogP contribution in [0.2, 0.25) is 0 Å². The molecule has 3 aromatic carbocycles. The minimum Gasteiger partial charge on any atom is -0.292 e. The number of hydrogen-bond acceptors (Lipinski definition) is 3. The van der Waals surface area contributed by atoms with Crippen molar-refractivity contribution in [3.63, 3.8) is 0 Å². The number of unbranched alkanes of at least 4 members (excludes halogenated alkanes) is 1. The van der Waals surface area contributed by atoms with Gasteiger partial charge in [0.25, 0.3) is 5.56 Å². The summed E-state index contributed by atoms with van der Waals surface area (Å²) >= 11 is 0. The molecular formula is C34H37N3O. The van der Waals surface area contributed by atoms with Gasteiger partial charge in [-0.05, 0) is 59.1 Å². The van der Waals surface area contributed by atoms with Crippen molar-refractivity contribution in [1.29, 1.82) is 5.26 Å². The molecule has 0 aliphatic rings. The van der Waals surface area contributed by atoms with E-state index in [1.165, 1.54) is 5.56 Å². The Morgan fingerprint density at radius 2 is 1.63 bits per heavy atom. The molecule has 4 heteroatoms. The zero-order valence-electron chi connectivity index (χ0n) is 23.2. The van der Waals surface area contributed by atoms with Crippen LogP contribution in [-0.4, -0.2) is 9.55 Å². The summed E-state index contributed by atoms with van der Waals surface area (Å²) in [5.74, 6) is 0.738. The van der Waals surface area contributed by atoms with E-state index in [4.69, 9.17) is 4.98 Å². The van der Waals surface area contributed by atoms with E-state index in [9.17, 15) is 10.1 Å². The van der Waals surface area contributed by atoms with Crippen LogP contribution in [0.5, 0.6) is 0 Å².